The summed E-state index contributed by atoms with van der Waals surface area (Å²) >= 11 is 0. The normalized spacial score (nSPS) is 10.9. The Kier molecular flexibility index (Phi) is 9.80. The van der Waals surface area contributed by atoms with Gasteiger partial charge in [-0.15, -0.1) is 0 Å². The molecule has 0 spiro atoms. The van der Waals surface area contributed by atoms with Crippen LogP contribution in [0.1, 0.15) is 72.1 Å². The van der Waals surface area contributed by atoms with Crippen LogP contribution in [0.3, 0.4) is 0 Å². The predicted molar refractivity (Wildman–Crippen MR) is 82.1 cm³/mol. The van der Waals surface area contributed by atoms with Crippen molar-refractivity contribution in [1.29, 1.82) is 5.26 Å². The van der Waals surface area contributed by atoms with Gasteiger partial charge in [0.15, 0.2) is 0 Å². The van der Waals surface area contributed by atoms with E-state index in [0.29, 0.717) is 12.0 Å². The summed E-state index contributed by atoms with van der Waals surface area (Å²) < 4.78 is 4.99. The zero-order valence-corrected chi connectivity index (χ0v) is 13.3. The van der Waals surface area contributed by atoms with Gasteiger partial charge in [0.05, 0.1) is 6.61 Å². The van der Waals surface area contributed by atoms with E-state index >= 15 is 0 Å². The van der Waals surface area contributed by atoms with Crippen molar-refractivity contribution < 1.29 is 9.53 Å². The van der Waals surface area contributed by atoms with Crippen LogP contribution >= 0.6 is 0 Å². The van der Waals surface area contributed by atoms with Crippen LogP contribution in [0, 0.1) is 16.7 Å². The highest BCUT2D eigenvalue weighted by molar-refractivity contribution is 5.91. The van der Waals surface area contributed by atoms with Crippen molar-refractivity contribution in [2.75, 3.05) is 6.61 Å². The molecule has 114 valence electrons. The van der Waals surface area contributed by atoms with Gasteiger partial charge < -0.3 is 4.74 Å². The van der Waals surface area contributed by atoms with E-state index < -0.39 is 5.97 Å². The minimum absolute atomic E-state index is 0.125. The van der Waals surface area contributed by atoms with E-state index in [1.807, 2.05) is 0 Å². The van der Waals surface area contributed by atoms with Crippen LogP contribution in [-0.4, -0.2) is 12.6 Å². The summed E-state index contributed by atoms with van der Waals surface area (Å²) in [6.07, 6.45) is 9.63. The maximum absolute atomic E-state index is 11.2. The highest BCUT2D eigenvalue weighted by Crippen LogP contribution is 2.29. The molecule has 0 aromatic carbocycles. The predicted octanol–water partition coefficient (Wildman–Crippen LogP) is 4.78. The molecule has 0 atom stereocenters. The number of esters is 1. The van der Waals surface area contributed by atoms with Crippen molar-refractivity contribution in [2.24, 2.45) is 5.41 Å². The van der Waals surface area contributed by atoms with Gasteiger partial charge in [-0.1, -0.05) is 59.5 Å². The molecule has 0 aromatic heterocycles. The van der Waals surface area contributed by atoms with Gasteiger partial charge in [0.2, 0.25) is 0 Å². The maximum Gasteiger partial charge on any atom is 0.348 e. The maximum atomic E-state index is 11.2. The van der Waals surface area contributed by atoms with Gasteiger partial charge in [-0.2, -0.15) is 5.26 Å². The molecule has 0 bridgehead atoms. The molecule has 0 aliphatic rings. The van der Waals surface area contributed by atoms with Crippen LogP contribution < -0.4 is 0 Å². The second-order valence-electron chi connectivity index (χ2n) is 6.16. The van der Waals surface area contributed by atoms with Crippen LogP contribution in [0.2, 0.25) is 0 Å². The molecular formula is C17H29NO2. The third-order valence-corrected chi connectivity index (χ3v) is 3.57. The third kappa shape index (κ3) is 9.61. The highest BCUT2D eigenvalue weighted by Gasteiger charge is 2.17. The lowest BCUT2D eigenvalue weighted by molar-refractivity contribution is -0.138. The van der Waals surface area contributed by atoms with Crippen LogP contribution in [-0.2, 0) is 9.53 Å². The van der Waals surface area contributed by atoms with Gasteiger partial charge in [-0.25, -0.2) is 4.79 Å². The lowest BCUT2D eigenvalue weighted by Gasteiger charge is -2.24. The Balaban J connectivity index is 3.69. The summed E-state index contributed by atoms with van der Waals surface area (Å²) in [7, 11) is 0. The number of nitrogens with zero attached hydrogens (tertiary/aromatic N) is 1. The Labute approximate surface area is 124 Å². The summed E-state index contributed by atoms with van der Waals surface area (Å²) in [4.78, 5) is 11.2. The molecule has 0 N–H and O–H groups in total. The van der Waals surface area contributed by atoms with Crippen LogP contribution in [0.5, 0.6) is 0 Å². The van der Waals surface area contributed by atoms with Crippen LogP contribution in [0.4, 0.5) is 0 Å². The van der Waals surface area contributed by atoms with Gasteiger partial charge in [0.1, 0.15) is 11.6 Å². The number of unbranched alkanes of at least 4 members (excludes halogenated alkanes) is 4. The van der Waals surface area contributed by atoms with Gasteiger partial charge in [0, 0.05) is 0 Å². The number of hydrogen-bond acceptors (Lipinski definition) is 3. The SMILES string of the molecule is C=C(C#N)C(=O)OCCCC(C)(C)CCCCCCC. The molecular weight excluding hydrogens is 250 g/mol. The fourth-order valence-corrected chi connectivity index (χ4v) is 2.18. The second kappa shape index (κ2) is 10.5. The lowest BCUT2D eigenvalue weighted by Crippen LogP contribution is -2.14. The van der Waals surface area contributed by atoms with Crippen molar-refractivity contribution in [3.8, 4) is 6.07 Å². The Bertz CT molecular complexity index is 339. The third-order valence-electron chi connectivity index (χ3n) is 3.57. The number of nitriles is 1. The average Bonchev–Trinajstić information content (AvgIpc) is 2.42. The first-order chi connectivity index (χ1) is 9.43. The van der Waals surface area contributed by atoms with E-state index in [9.17, 15) is 4.79 Å². The first kappa shape index (κ1) is 18.7. The van der Waals surface area contributed by atoms with E-state index in [2.05, 4.69) is 27.4 Å². The number of carbonyl (C=O) groups excluding carboxylic acids is 1. The van der Waals surface area contributed by atoms with Crippen molar-refractivity contribution >= 4 is 5.97 Å². The molecule has 20 heavy (non-hydrogen) atoms. The average molecular weight is 279 g/mol. The Morgan fingerprint density at radius 3 is 2.35 bits per heavy atom. The van der Waals surface area contributed by atoms with E-state index in [4.69, 9.17) is 10.00 Å². The molecule has 0 fully saturated rings. The monoisotopic (exact) mass is 279 g/mol. The Hall–Kier alpha value is -1.30. The summed E-state index contributed by atoms with van der Waals surface area (Å²) in [5.41, 5.74) is 0.172. The smallest absolute Gasteiger partial charge is 0.348 e. The zero-order valence-electron chi connectivity index (χ0n) is 13.3. The second-order valence-corrected chi connectivity index (χ2v) is 6.16. The fraction of sp³-hybridized carbons (Fsp3) is 0.765. The van der Waals surface area contributed by atoms with Crippen molar-refractivity contribution in [1.82, 2.24) is 0 Å². The van der Waals surface area contributed by atoms with Crippen LogP contribution in [0.25, 0.3) is 0 Å². The molecule has 3 nitrogen and oxygen atoms in total. The van der Waals surface area contributed by atoms with Gasteiger partial charge >= 0.3 is 5.97 Å². The first-order valence-electron chi connectivity index (χ1n) is 7.69. The minimum atomic E-state index is -0.593. The van der Waals surface area contributed by atoms with Gasteiger partial charge in [-0.05, 0) is 24.7 Å². The van der Waals surface area contributed by atoms with E-state index in [1.54, 1.807) is 6.07 Å². The van der Waals surface area contributed by atoms with Crippen molar-refractivity contribution in [3.63, 3.8) is 0 Å². The Morgan fingerprint density at radius 1 is 1.15 bits per heavy atom. The number of hydrogen-bond donors (Lipinski definition) is 0. The lowest BCUT2D eigenvalue weighted by atomic mass is 9.82. The Morgan fingerprint density at radius 2 is 1.75 bits per heavy atom. The number of ether oxygens (including phenoxy) is 1. The molecule has 0 aromatic rings. The van der Waals surface area contributed by atoms with Crippen LogP contribution in [0.15, 0.2) is 12.2 Å². The summed E-state index contributed by atoms with van der Waals surface area (Å²) in [6, 6.07) is 1.70. The van der Waals surface area contributed by atoms with Gasteiger partial charge in [0.25, 0.3) is 0 Å². The van der Waals surface area contributed by atoms with Crippen molar-refractivity contribution in [3.05, 3.63) is 12.2 Å². The quantitative estimate of drug-likeness (QED) is 0.237. The molecule has 0 rings (SSSR count). The van der Waals surface area contributed by atoms with Crippen molar-refractivity contribution in [2.45, 2.75) is 72.1 Å². The molecule has 0 saturated heterocycles. The molecule has 0 saturated carbocycles. The number of rotatable bonds is 11. The highest BCUT2D eigenvalue weighted by atomic mass is 16.5. The topological polar surface area (TPSA) is 50.1 Å². The molecule has 0 amide bonds. The van der Waals surface area contributed by atoms with E-state index in [-0.39, 0.29) is 5.57 Å². The summed E-state index contributed by atoms with van der Waals surface area (Å²) in [5.74, 6) is -0.593. The largest absolute Gasteiger partial charge is 0.462 e. The van der Waals surface area contributed by atoms with Gasteiger partial charge in [-0.3, -0.25) is 0 Å². The minimum Gasteiger partial charge on any atom is -0.462 e. The molecule has 0 heterocycles. The zero-order chi connectivity index (χ0) is 15.4. The molecule has 3 heteroatoms. The number of carbonyl (C=O) groups is 1. The van der Waals surface area contributed by atoms with E-state index in [1.165, 1.54) is 38.5 Å². The molecule has 0 unspecified atom stereocenters. The summed E-state index contributed by atoms with van der Waals surface area (Å²) in [5, 5.41) is 8.50. The fourth-order valence-electron chi connectivity index (χ4n) is 2.18. The first-order valence-corrected chi connectivity index (χ1v) is 7.69. The molecule has 0 aliphatic carbocycles. The molecule has 0 aliphatic heterocycles. The standard InChI is InChI=1S/C17H29NO2/c1-5-6-7-8-9-11-17(3,4)12-10-13-20-16(19)15(2)14-18/h2,5-13H2,1,3-4H3. The van der Waals surface area contributed by atoms with E-state index in [0.717, 1.165) is 12.8 Å². The molecule has 0 radical (unpaired) electrons. The summed E-state index contributed by atoms with van der Waals surface area (Å²) in [6.45, 7) is 10.5.